The van der Waals surface area contributed by atoms with Gasteiger partial charge in [-0.1, -0.05) is 133 Å². The SMILES string of the molecule is c1ccc(-c2cc(-c3ccccc3)nc(-c3cccc(-n4c5ccccc5c5cc(-c6cc7c8ccccc8n8c9ccccc9c(c6)c78)ccc54)c3)n2)cc1. The van der Waals surface area contributed by atoms with Crippen LogP contribution in [-0.4, -0.2) is 18.9 Å². The molecule has 12 rings (SSSR count). The molecule has 0 radical (unpaired) electrons. The monoisotopic (exact) mass is 712 g/mol. The van der Waals surface area contributed by atoms with Crippen LogP contribution in [0.25, 0.3) is 111 Å². The highest BCUT2D eigenvalue weighted by Gasteiger charge is 2.20. The van der Waals surface area contributed by atoms with E-state index in [1.807, 2.05) is 12.1 Å². The van der Waals surface area contributed by atoms with Crippen LogP contribution in [0.5, 0.6) is 0 Å². The number of nitrogens with zero attached hydrogens (tertiary/aromatic N) is 4. The van der Waals surface area contributed by atoms with Crippen molar-refractivity contribution in [2.75, 3.05) is 0 Å². The van der Waals surface area contributed by atoms with Gasteiger partial charge in [-0.2, -0.15) is 0 Å². The molecule has 4 aromatic heterocycles. The standard InChI is InChI=1S/C52H32N4/c1-3-14-33(15-4-1)45-32-46(34-16-5-2-6-17-34)54-52(53-45)36-18-13-19-38(28-36)55-47-23-10-7-20-39(47)42-29-35(26-27-50(42)55)37-30-43-40-21-8-11-24-48(40)56-49-25-12-9-22-41(49)44(31-37)51(43)56/h1-32H. The van der Waals surface area contributed by atoms with Crippen molar-refractivity contribution < 1.29 is 0 Å². The van der Waals surface area contributed by atoms with Gasteiger partial charge in [-0.05, 0) is 71.8 Å². The Balaban J connectivity index is 1.03. The maximum Gasteiger partial charge on any atom is 0.160 e. The number of rotatable bonds is 5. The zero-order chi connectivity index (χ0) is 36.7. The smallest absolute Gasteiger partial charge is 0.160 e. The quantitative estimate of drug-likeness (QED) is 0.178. The van der Waals surface area contributed by atoms with E-state index in [9.17, 15) is 0 Å². The molecule has 8 aromatic carbocycles. The van der Waals surface area contributed by atoms with Crippen molar-refractivity contribution in [3.05, 3.63) is 194 Å². The predicted molar refractivity (Wildman–Crippen MR) is 233 cm³/mol. The first-order chi connectivity index (χ1) is 27.8. The molecular weight excluding hydrogens is 681 g/mol. The lowest BCUT2D eigenvalue weighted by molar-refractivity contribution is 1.16. The van der Waals surface area contributed by atoms with E-state index in [1.54, 1.807) is 0 Å². The van der Waals surface area contributed by atoms with Crippen LogP contribution in [0.3, 0.4) is 0 Å². The normalized spacial score (nSPS) is 11.9. The summed E-state index contributed by atoms with van der Waals surface area (Å²) >= 11 is 0. The maximum absolute atomic E-state index is 5.14. The molecule has 0 aliphatic heterocycles. The summed E-state index contributed by atoms with van der Waals surface area (Å²) in [7, 11) is 0. The van der Waals surface area contributed by atoms with Crippen LogP contribution in [0.2, 0.25) is 0 Å². The molecule has 56 heavy (non-hydrogen) atoms. The molecular formula is C52H32N4. The number of hydrogen-bond acceptors (Lipinski definition) is 2. The largest absolute Gasteiger partial charge is 0.309 e. The summed E-state index contributed by atoms with van der Waals surface area (Å²) in [6, 6.07) is 69.5. The van der Waals surface area contributed by atoms with Gasteiger partial charge in [0.2, 0.25) is 0 Å². The van der Waals surface area contributed by atoms with Gasteiger partial charge in [0, 0.05) is 54.7 Å². The topological polar surface area (TPSA) is 35.1 Å². The van der Waals surface area contributed by atoms with Gasteiger partial charge in [0.15, 0.2) is 5.82 Å². The Morgan fingerprint density at radius 2 is 0.804 bits per heavy atom. The average Bonchev–Trinajstić information content (AvgIpc) is 3.91. The molecule has 0 saturated carbocycles. The zero-order valence-corrected chi connectivity index (χ0v) is 30.3. The average molecular weight is 713 g/mol. The lowest BCUT2D eigenvalue weighted by atomic mass is 9.98. The molecule has 4 heterocycles. The minimum absolute atomic E-state index is 0.696. The fraction of sp³-hybridized carbons (Fsp3) is 0. The number of benzene rings is 8. The highest BCUT2D eigenvalue weighted by Crippen LogP contribution is 2.43. The second kappa shape index (κ2) is 12.0. The van der Waals surface area contributed by atoms with Gasteiger partial charge in [-0.25, -0.2) is 9.97 Å². The molecule has 12 aromatic rings. The van der Waals surface area contributed by atoms with E-state index in [4.69, 9.17) is 9.97 Å². The first-order valence-electron chi connectivity index (χ1n) is 19.1. The summed E-state index contributed by atoms with van der Waals surface area (Å²) in [6.45, 7) is 0. The van der Waals surface area contributed by atoms with E-state index in [-0.39, 0.29) is 0 Å². The van der Waals surface area contributed by atoms with Crippen molar-refractivity contribution >= 4 is 59.9 Å². The predicted octanol–water partition coefficient (Wildman–Crippen LogP) is 13.4. The minimum Gasteiger partial charge on any atom is -0.309 e. The Labute approximate surface area is 322 Å². The summed E-state index contributed by atoms with van der Waals surface area (Å²) in [6.07, 6.45) is 0. The van der Waals surface area contributed by atoms with Crippen LogP contribution in [0, 0.1) is 0 Å². The lowest BCUT2D eigenvalue weighted by Gasteiger charge is -2.12. The highest BCUT2D eigenvalue weighted by atomic mass is 15.0. The lowest BCUT2D eigenvalue weighted by Crippen LogP contribution is -1.98. The van der Waals surface area contributed by atoms with Gasteiger partial charge in [-0.3, -0.25) is 0 Å². The van der Waals surface area contributed by atoms with Crippen molar-refractivity contribution in [2.45, 2.75) is 0 Å². The van der Waals surface area contributed by atoms with Crippen LogP contribution in [0.1, 0.15) is 0 Å². The Hall–Kier alpha value is -7.56. The molecule has 0 aliphatic carbocycles. The van der Waals surface area contributed by atoms with Crippen molar-refractivity contribution in [3.63, 3.8) is 0 Å². The third-order valence-corrected chi connectivity index (χ3v) is 11.4. The molecule has 260 valence electrons. The Kier molecular flexibility index (Phi) is 6.60. The van der Waals surface area contributed by atoms with Crippen LogP contribution in [0.15, 0.2) is 194 Å². The van der Waals surface area contributed by atoms with Crippen molar-refractivity contribution in [3.8, 4) is 50.7 Å². The molecule has 0 bridgehead atoms. The molecule has 0 unspecified atom stereocenters. The Morgan fingerprint density at radius 3 is 1.43 bits per heavy atom. The maximum atomic E-state index is 5.14. The second-order valence-electron chi connectivity index (χ2n) is 14.6. The Morgan fingerprint density at radius 1 is 0.304 bits per heavy atom. The zero-order valence-electron chi connectivity index (χ0n) is 30.3. The molecule has 0 amide bonds. The molecule has 0 saturated heterocycles. The highest BCUT2D eigenvalue weighted by molar-refractivity contribution is 6.24. The molecule has 4 nitrogen and oxygen atoms in total. The molecule has 0 N–H and O–H groups in total. The van der Waals surface area contributed by atoms with Gasteiger partial charge in [0.25, 0.3) is 0 Å². The number of aromatic nitrogens is 4. The van der Waals surface area contributed by atoms with Crippen molar-refractivity contribution in [2.24, 2.45) is 0 Å². The molecule has 0 fully saturated rings. The third-order valence-electron chi connectivity index (χ3n) is 11.4. The van der Waals surface area contributed by atoms with Gasteiger partial charge in [0.1, 0.15) is 0 Å². The number of para-hydroxylation sites is 3. The van der Waals surface area contributed by atoms with E-state index in [2.05, 4.69) is 191 Å². The van der Waals surface area contributed by atoms with E-state index in [1.165, 1.54) is 60.0 Å². The van der Waals surface area contributed by atoms with E-state index >= 15 is 0 Å². The van der Waals surface area contributed by atoms with E-state index in [0.29, 0.717) is 5.82 Å². The third kappa shape index (κ3) is 4.60. The van der Waals surface area contributed by atoms with Crippen LogP contribution < -0.4 is 0 Å². The van der Waals surface area contributed by atoms with Gasteiger partial charge >= 0.3 is 0 Å². The minimum atomic E-state index is 0.696. The fourth-order valence-corrected chi connectivity index (χ4v) is 8.92. The van der Waals surface area contributed by atoms with Crippen LogP contribution in [0.4, 0.5) is 0 Å². The molecule has 4 heteroatoms. The first-order valence-corrected chi connectivity index (χ1v) is 19.1. The van der Waals surface area contributed by atoms with Gasteiger partial charge in [0.05, 0.1) is 39.0 Å². The summed E-state index contributed by atoms with van der Waals surface area (Å²) in [5.74, 6) is 0.696. The van der Waals surface area contributed by atoms with Crippen molar-refractivity contribution in [1.82, 2.24) is 18.9 Å². The summed E-state index contributed by atoms with van der Waals surface area (Å²) in [5.41, 5.74) is 14.5. The number of hydrogen-bond donors (Lipinski definition) is 0. The van der Waals surface area contributed by atoms with Gasteiger partial charge in [-0.15, -0.1) is 0 Å². The van der Waals surface area contributed by atoms with Crippen LogP contribution >= 0.6 is 0 Å². The van der Waals surface area contributed by atoms with E-state index in [0.717, 1.165) is 44.8 Å². The van der Waals surface area contributed by atoms with Crippen molar-refractivity contribution in [1.29, 1.82) is 0 Å². The summed E-state index contributed by atoms with van der Waals surface area (Å²) < 4.78 is 4.82. The summed E-state index contributed by atoms with van der Waals surface area (Å²) in [4.78, 5) is 10.3. The second-order valence-corrected chi connectivity index (χ2v) is 14.6. The Bertz CT molecular complexity index is 3330. The molecule has 0 atom stereocenters. The summed E-state index contributed by atoms with van der Waals surface area (Å²) in [5, 5.41) is 7.58. The van der Waals surface area contributed by atoms with E-state index < -0.39 is 0 Å². The first kappa shape index (κ1) is 30.9. The van der Waals surface area contributed by atoms with Crippen LogP contribution in [-0.2, 0) is 0 Å². The molecule has 0 aliphatic rings. The molecule has 0 spiro atoms. The fourth-order valence-electron chi connectivity index (χ4n) is 8.92. The number of fused-ring (bicyclic) bond motifs is 9. The van der Waals surface area contributed by atoms with Gasteiger partial charge < -0.3 is 8.97 Å².